The maximum Gasteiger partial charge on any atom is 0.354 e. The van der Waals surface area contributed by atoms with Gasteiger partial charge in [-0.25, -0.2) is 4.79 Å². The van der Waals surface area contributed by atoms with E-state index in [1.165, 1.54) is 0 Å². The highest BCUT2D eigenvalue weighted by Gasteiger charge is 2.17. The zero-order valence-corrected chi connectivity index (χ0v) is 10.7. The number of carbonyl (C=O) groups is 1. The minimum absolute atomic E-state index is 0.0221. The predicted molar refractivity (Wildman–Crippen MR) is 69.7 cm³/mol. The zero-order chi connectivity index (χ0) is 13.3. The summed E-state index contributed by atoms with van der Waals surface area (Å²) in [5, 5.41) is 13.6. The molecule has 0 saturated heterocycles. The molecule has 0 spiro atoms. The highest BCUT2D eigenvalue weighted by Crippen LogP contribution is 2.24. The number of benzene rings is 1. The van der Waals surface area contributed by atoms with Crippen LogP contribution < -0.4 is 0 Å². The zero-order valence-electron chi connectivity index (χ0n) is 10.7. The first-order valence-corrected chi connectivity index (χ1v) is 5.89. The summed E-state index contributed by atoms with van der Waals surface area (Å²) in [7, 11) is 0. The van der Waals surface area contributed by atoms with Gasteiger partial charge in [-0.1, -0.05) is 24.3 Å². The molecule has 4 heteroatoms. The Labute approximate surface area is 106 Å². The van der Waals surface area contributed by atoms with Crippen LogP contribution in [0, 0.1) is 6.92 Å². The summed E-state index contributed by atoms with van der Waals surface area (Å²) in [5.41, 5.74) is 2.99. The minimum atomic E-state index is -0.948. The standard InChI is InChI=1S/C14H16N2O2/c1-9(2)16-13(14(17)18)8-12(15-16)11-7-5-4-6-10(11)3/h4-9H,1-3H3,(H,17,18). The SMILES string of the molecule is Cc1ccccc1-c1cc(C(=O)O)n(C(C)C)n1. The van der Waals surface area contributed by atoms with E-state index in [9.17, 15) is 9.90 Å². The van der Waals surface area contributed by atoms with E-state index in [4.69, 9.17) is 0 Å². The van der Waals surface area contributed by atoms with Crippen molar-refractivity contribution in [3.8, 4) is 11.3 Å². The number of aromatic carboxylic acids is 1. The molecule has 18 heavy (non-hydrogen) atoms. The molecule has 1 aromatic carbocycles. The van der Waals surface area contributed by atoms with Gasteiger partial charge in [0.1, 0.15) is 5.69 Å². The third kappa shape index (κ3) is 2.14. The van der Waals surface area contributed by atoms with E-state index in [2.05, 4.69) is 5.10 Å². The van der Waals surface area contributed by atoms with Gasteiger partial charge < -0.3 is 5.11 Å². The Bertz CT molecular complexity index is 585. The summed E-state index contributed by atoms with van der Waals surface area (Å²) in [6, 6.07) is 9.48. The van der Waals surface area contributed by atoms with Gasteiger partial charge in [0.15, 0.2) is 0 Å². The molecule has 0 unspecified atom stereocenters. The molecule has 0 radical (unpaired) electrons. The molecule has 0 amide bonds. The van der Waals surface area contributed by atoms with E-state index in [-0.39, 0.29) is 11.7 Å². The van der Waals surface area contributed by atoms with Gasteiger partial charge in [0.2, 0.25) is 0 Å². The number of aryl methyl sites for hydroxylation is 1. The van der Waals surface area contributed by atoms with E-state index in [0.29, 0.717) is 5.69 Å². The van der Waals surface area contributed by atoms with Crippen LogP contribution in [-0.4, -0.2) is 20.9 Å². The maximum absolute atomic E-state index is 11.2. The molecule has 2 aromatic rings. The molecule has 0 fully saturated rings. The van der Waals surface area contributed by atoms with Crippen LogP contribution in [-0.2, 0) is 0 Å². The van der Waals surface area contributed by atoms with E-state index < -0.39 is 5.97 Å². The number of nitrogens with zero attached hydrogens (tertiary/aromatic N) is 2. The Balaban J connectivity index is 2.57. The van der Waals surface area contributed by atoms with Gasteiger partial charge in [0.25, 0.3) is 0 Å². The van der Waals surface area contributed by atoms with Gasteiger partial charge in [0, 0.05) is 11.6 Å². The van der Waals surface area contributed by atoms with Crippen molar-refractivity contribution in [3.63, 3.8) is 0 Å². The third-order valence-corrected chi connectivity index (χ3v) is 2.87. The largest absolute Gasteiger partial charge is 0.477 e. The second kappa shape index (κ2) is 4.64. The molecule has 0 aliphatic heterocycles. The summed E-state index contributed by atoms with van der Waals surface area (Å²) in [6.07, 6.45) is 0. The second-order valence-electron chi connectivity index (χ2n) is 4.57. The Kier molecular flexibility index (Phi) is 3.19. The Morgan fingerprint density at radius 1 is 1.33 bits per heavy atom. The fourth-order valence-electron chi connectivity index (χ4n) is 1.94. The predicted octanol–water partition coefficient (Wildman–Crippen LogP) is 3.14. The summed E-state index contributed by atoms with van der Waals surface area (Å²) >= 11 is 0. The van der Waals surface area contributed by atoms with Crippen molar-refractivity contribution in [1.29, 1.82) is 0 Å². The Morgan fingerprint density at radius 2 is 2.00 bits per heavy atom. The summed E-state index contributed by atoms with van der Waals surface area (Å²) in [4.78, 5) is 11.2. The van der Waals surface area contributed by atoms with Crippen molar-refractivity contribution in [2.75, 3.05) is 0 Å². The lowest BCUT2D eigenvalue weighted by Crippen LogP contribution is -2.11. The number of rotatable bonds is 3. The first kappa shape index (κ1) is 12.4. The van der Waals surface area contributed by atoms with Crippen LogP contribution in [0.25, 0.3) is 11.3 Å². The van der Waals surface area contributed by atoms with Crippen molar-refractivity contribution in [1.82, 2.24) is 9.78 Å². The van der Waals surface area contributed by atoms with Gasteiger partial charge in [-0.05, 0) is 32.4 Å². The smallest absolute Gasteiger partial charge is 0.354 e. The number of carboxylic acid groups (broad SMARTS) is 1. The van der Waals surface area contributed by atoms with Gasteiger partial charge >= 0.3 is 5.97 Å². The normalized spacial score (nSPS) is 10.9. The molecule has 94 valence electrons. The van der Waals surface area contributed by atoms with Crippen LogP contribution in [0.5, 0.6) is 0 Å². The van der Waals surface area contributed by atoms with Gasteiger partial charge in [-0.3, -0.25) is 4.68 Å². The third-order valence-electron chi connectivity index (χ3n) is 2.87. The van der Waals surface area contributed by atoms with E-state index in [1.807, 2.05) is 45.0 Å². The number of hydrogen-bond donors (Lipinski definition) is 1. The van der Waals surface area contributed by atoms with Crippen molar-refractivity contribution < 1.29 is 9.90 Å². The minimum Gasteiger partial charge on any atom is -0.477 e. The quantitative estimate of drug-likeness (QED) is 0.902. The molecule has 1 heterocycles. The first-order valence-electron chi connectivity index (χ1n) is 5.89. The van der Waals surface area contributed by atoms with Crippen LogP contribution in [0.1, 0.15) is 35.9 Å². The Morgan fingerprint density at radius 3 is 2.50 bits per heavy atom. The molecule has 1 N–H and O–H groups in total. The van der Waals surface area contributed by atoms with Gasteiger partial charge in [0.05, 0.1) is 5.69 Å². The fraction of sp³-hybridized carbons (Fsp3) is 0.286. The number of carboxylic acids is 1. The maximum atomic E-state index is 11.2. The summed E-state index contributed by atoms with van der Waals surface area (Å²) in [5.74, 6) is -0.948. The Hall–Kier alpha value is -2.10. The fourth-order valence-corrected chi connectivity index (χ4v) is 1.94. The molecule has 0 aliphatic carbocycles. The topological polar surface area (TPSA) is 55.1 Å². The van der Waals surface area contributed by atoms with Crippen molar-refractivity contribution in [2.45, 2.75) is 26.8 Å². The summed E-state index contributed by atoms with van der Waals surface area (Å²) < 4.78 is 1.55. The van der Waals surface area contributed by atoms with E-state index in [1.54, 1.807) is 10.7 Å². The molecule has 0 aliphatic rings. The van der Waals surface area contributed by atoms with Crippen molar-refractivity contribution in [3.05, 3.63) is 41.6 Å². The molecule has 0 saturated carbocycles. The molecular weight excluding hydrogens is 228 g/mol. The second-order valence-corrected chi connectivity index (χ2v) is 4.57. The summed E-state index contributed by atoms with van der Waals surface area (Å²) in [6.45, 7) is 5.83. The lowest BCUT2D eigenvalue weighted by Gasteiger charge is -2.07. The molecule has 4 nitrogen and oxygen atoms in total. The van der Waals surface area contributed by atoms with Crippen LogP contribution >= 0.6 is 0 Å². The number of hydrogen-bond acceptors (Lipinski definition) is 2. The molecular formula is C14H16N2O2. The van der Waals surface area contributed by atoms with E-state index >= 15 is 0 Å². The van der Waals surface area contributed by atoms with Gasteiger partial charge in [-0.2, -0.15) is 5.10 Å². The van der Waals surface area contributed by atoms with Crippen LogP contribution in [0.2, 0.25) is 0 Å². The van der Waals surface area contributed by atoms with Crippen LogP contribution in [0.3, 0.4) is 0 Å². The van der Waals surface area contributed by atoms with Crippen LogP contribution in [0.4, 0.5) is 0 Å². The van der Waals surface area contributed by atoms with Crippen LogP contribution in [0.15, 0.2) is 30.3 Å². The molecule has 2 rings (SSSR count). The van der Waals surface area contributed by atoms with E-state index in [0.717, 1.165) is 11.1 Å². The lowest BCUT2D eigenvalue weighted by atomic mass is 10.1. The molecule has 0 atom stereocenters. The van der Waals surface area contributed by atoms with Gasteiger partial charge in [-0.15, -0.1) is 0 Å². The average Bonchev–Trinajstić information content (AvgIpc) is 2.74. The monoisotopic (exact) mass is 244 g/mol. The highest BCUT2D eigenvalue weighted by molar-refractivity contribution is 5.87. The average molecular weight is 244 g/mol. The lowest BCUT2D eigenvalue weighted by molar-refractivity contribution is 0.0681. The highest BCUT2D eigenvalue weighted by atomic mass is 16.4. The molecule has 1 aromatic heterocycles. The first-order chi connectivity index (χ1) is 8.50. The van der Waals surface area contributed by atoms with Crippen molar-refractivity contribution in [2.24, 2.45) is 0 Å². The number of aromatic nitrogens is 2. The van der Waals surface area contributed by atoms with Crippen molar-refractivity contribution >= 4 is 5.97 Å². The molecule has 0 bridgehead atoms.